The summed E-state index contributed by atoms with van der Waals surface area (Å²) in [7, 11) is 1.55. The highest BCUT2D eigenvalue weighted by Gasteiger charge is 2.70. The fourth-order valence-corrected chi connectivity index (χ4v) is 10.9. The van der Waals surface area contributed by atoms with Gasteiger partial charge in [0.2, 0.25) is 0 Å². The molecule has 5 aliphatic rings. The first-order valence-corrected chi connectivity index (χ1v) is 14.3. The zero-order valence-corrected chi connectivity index (χ0v) is 23.4. The van der Waals surface area contributed by atoms with Gasteiger partial charge in [0.25, 0.3) is 0 Å². The van der Waals surface area contributed by atoms with Crippen molar-refractivity contribution < 1.29 is 19.7 Å². The maximum atomic E-state index is 13.4. The van der Waals surface area contributed by atoms with Crippen molar-refractivity contribution in [2.45, 2.75) is 112 Å². The molecule has 5 aliphatic carbocycles. The SMILES string of the molecule is COC(=O)C12CCC(C)(C)CC1C1=CCC3C4(C)CCC(O)C(C)(C)C4CCC3(C)C1(CO)CC2. The summed E-state index contributed by atoms with van der Waals surface area (Å²) in [6.07, 6.45) is 12.1. The molecule has 4 heteroatoms. The lowest BCUT2D eigenvalue weighted by molar-refractivity contribution is -0.215. The number of aliphatic hydroxyl groups is 2. The molecule has 0 spiro atoms. The van der Waals surface area contributed by atoms with Gasteiger partial charge >= 0.3 is 5.97 Å². The Morgan fingerprint density at radius 3 is 2.31 bits per heavy atom. The van der Waals surface area contributed by atoms with E-state index in [-0.39, 0.29) is 51.7 Å². The number of hydrogen-bond donors (Lipinski definition) is 2. The average Bonchev–Trinajstić information content (AvgIpc) is 2.80. The molecule has 4 saturated carbocycles. The van der Waals surface area contributed by atoms with Gasteiger partial charge in [-0.05, 0) is 104 Å². The monoisotopic (exact) mass is 486 g/mol. The summed E-state index contributed by atoms with van der Waals surface area (Å²) in [6.45, 7) is 14.4. The maximum absolute atomic E-state index is 13.4. The molecule has 0 aliphatic heterocycles. The van der Waals surface area contributed by atoms with E-state index in [9.17, 15) is 15.0 Å². The Morgan fingerprint density at radius 2 is 1.66 bits per heavy atom. The van der Waals surface area contributed by atoms with Crippen molar-refractivity contribution in [3.05, 3.63) is 11.6 Å². The summed E-state index contributed by atoms with van der Waals surface area (Å²) in [5.74, 6) is 1.11. The maximum Gasteiger partial charge on any atom is 0.312 e. The highest BCUT2D eigenvalue weighted by atomic mass is 16.5. The average molecular weight is 487 g/mol. The number of hydrogen-bond acceptors (Lipinski definition) is 4. The summed E-state index contributed by atoms with van der Waals surface area (Å²) in [4.78, 5) is 13.4. The first-order valence-electron chi connectivity index (χ1n) is 14.3. The molecule has 8 atom stereocenters. The molecule has 0 bridgehead atoms. The Bertz CT molecular complexity index is 919. The summed E-state index contributed by atoms with van der Waals surface area (Å²) in [5, 5.41) is 22.2. The van der Waals surface area contributed by atoms with Gasteiger partial charge in [-0.25, -0.2) is 0 Å². The molecule has 0 saturated heterocycles. The van der Waals surface area contributed by atoms with Crippen molar-refractivity contribution in [1.82, 2.24) is 0 Å². The molecular weight excluding hydrogens is 436 g/mol. The molecule has 0 aromatic rings. The van der Waals surface area contributed by atoms with Gasteiger partial charge in [-0.2, -0.15) is 0 Å². The van der Waals surface area contributed by atoms with Gasteiger partial charge in [-0.15, -0.1) is 0 Å². The topological polar surface area (TPSA) is 66.8 Å². The molecule has 2 N–H and O–H groups in total. The molecular formula is C31H50O4. The standard InChI is InChI=1S/C31H50O4/c1-26(2)14-15-30(25(34)35-7)16-17-31(19-32)20(21(30)18-26)8-9-23-28(5)12-11-24(33)27(3,4)22(28)10-13-29(23,31)6/h8,21-24,32-33H,9-19H2,1-7H3. The smallest absolute Gasteiger partial charge is 0.312 e. The Labute approximate surface area is 213 Å². The van der Waals surface area contributed by atoms with Gasteiger partial charge in [0.1, 0.15) is 0 Å². The summed E-state index contributed by atoms with van der Waals surface area (Å²) in [5.41, 5.74) is 0.954. The van der Waals surface area contributed by atoms with Crippen molar-refractivity contribution in [3.8, 4) is 0 Å². The Hall–Kier alpha value is -0.870. The van der Waals surface area contributed by atoms with Crippen LogP contribution >= 0.6 is 0 Å². The van der Waals surface area contributed by atoms with Crippen molar-refractivity contribution in [1.29, 1.82) is 0 Å². The highest BCUT2D eigenvalue weighted by Crippen LogP contribution is 2.75. The molecule has 0 radical (unpaired) electrons. The lowest BCUT2D eigenvalue weighted by Crippen LogP contribution is -2.66. The molecule has 0 aromatic carbocycles. The second kappa shape index (κ2) is 7.82. The molecule has 0 amide bonds. The fraction of sp³-hybridized carbons (Fsp3) is 0.903. The second-order valence-corrected chi connectivity index (χ2v) is 15.1. The fourth-order valence-electron chi connectivity index (χ4n) is 10.9. The molecule has 0 aromatic heterocycles. The van der Waals surface area contributed by atoms with Crippen molar-refractivity contribution >= 4 is 5.97 Å². The minimum Gasteiger partial charge on any atom is -0.469 e. The van der Waals surface area contributed by atoms with Crippen molar-refractivity contribution in [2.75, 3.05) is 13.7 Å². The number of carbonyl (C=O) groups excluding carboxylic acids is 1. The van der Waals surface area contributed by atoms with Crippen LogP contribution in [-0.4, -0.2) is 36.0 Å². The van der Waals surface area contributed by atoms with Crippen LogP contribution in [0.2, 0.25) is 0 Å². The van der Waals surface area contributed by atoms with Crippen LogP contribution in [0.4, 0.5) is 0 Å². The Balaban J connectivity index is 1.63. The van der Waals surface area contributed by atoms with E-state index in [4.69, 9.17) is 4.74 Å². The summed E-state index contributed by atoms with van der Waals surface area (Å²) >= 11 is 0. The van der Waals surface area contributed by atoms with Crippen molar-refractivity contribution in [3.63, 3.8) is 0 Å². The van der Waals surface area contributed by atoms with Gasteiger partial charge < -0.3 is 14.9 Å². The first kappa shape index (κ1) is 25.8. The number of aliphatic hydroxyl groups excluding tert-OH is 2. The largest absolute Gasteiger partial charge is 0.469 e. The van der Waals surface area contributed by atoms with Gasteiger partial charge in [-0.3, -0.25) is 4.79 Å². The third kappa shape index (κ3) is 3.14. The number of carbonyl (C=O) groups is 1. The lowest BCUT2D eigenvalue weighted by atomic mass is 9.33. The van der Waals surface area contributed by atoms with Gasteiger partial charge in [0, 0.05) is 5.41 Å². The van der Waals surface area contributed by atoms with Crippen LogP contribution < -0.4 is 0 Å². The Kier molecular flexibility index (Phi) is 5.76. The molecule has 4 nitrogen and oxygen atoms in total. The predicted octanol–water partition coefficient (Wildman–Crippen LogP) is 6.29. The van der Waals surface area contributed by atoms with Crippen LogP contribution in [0, 0.1) is 50.2 Å². The lowest BCUT2D eigenvalue weighted by Gasteiger charge is -2.71. The molecule has 35 heavy (non-hydrogen) atoms. The van der Waals surface area contributed by atoms with E-state index in [2.05, 4.69) is 47.6 Å². The van der Waals surface area contributed by atoms with E-state index in [1.807, 2.05) is 0 Å². The second-order valence-electron chi connectivity index (χ2n) is 15.1. The summed E-state index contributed by atoms with van der Waals surface area (Å²) < 4.78 is 5.46. The van der Waals surface area contributed by atoms with E-state index in [1.165, 1.54) is 5.57 Å². The van der Waals surface area contributed by atoms with Crippen LogP contribution in [0.1, 0.15) is 106 Å². The molecule has 8 unspecified atom stereocenters. The normalized spacial score (nSPS) is 50.0. The van der Waals surface area contributed by atoms with Crippen LogP contribution in [-0.2, 0) is 9.53 Å². The van der Waals surface area contributed by atoms with Crippen LogP contribution in [0.25, 0.3) is 0 Å². The highest BCUT2D eigenvalue weighted by molar-refractivity contribution is 5.78. The van der Waals surface area contributed by atoms with Gasteiger partial charge in [-0.1, -0.05) is 53.2 Å². The van der Waals surface area contributed by atoms with Crippen molar-refractivity contribution in [2.24, 2.45) is 50.2 Å². The van der Waals surface area contributed by atoms with E-state index in [0.717, 1.165) is 64.2 Å². The zero-order valence-electron chi connectivity index (χ0n) is 23.4. The number of allylic oxidation sites excluding steroid dienone is 1. The first-order chi connectivity index (χ1) is 16.2. The third-order valence-electron chi connectivity index (χ3n) is 13.2. The van der Waals surface area contributed by atoms with E-state index in [0.29, 0.717) is 11.8 Å². The molecule has 4 fully saturated rings. The number of esters is 1. The quantitative estimate of drug-likeness (QED) is 0.355. The van der Waals surface area contributed by atoms with E-state index < -0.39 is 5.41 Å². The zero-order chi connectivity index (χ0) is 25.7. The molecule has 5 rings (SSSR count). The predicted molar refractivity (Wildman–Crippen MR) is 138 cm³/mol. The number of rotatable bonds is 2. The number of fused-ring (bicyclic) bond motifs is 7. The number of ether oxygens (including phenoxy) is 1. The molecule has 0 heterocycles. The van der Waals surface area contributed by atoms with E-state index >= 15 is 0 Å². The number of methoxy groups -OCH3 is 1. The Morgan fingerprint density at radius 1 is 0.971 bits per heavy atom. The van der Waals surface area contributed by atoms with Gasteiger partial charge in [0.15, 0.2) is 0 Å². The van der Waals surface area contributed by atoms with Crippen LogP contribution in [0.3, 0.4) is 0 Å². The summed E-state index contributed by atoms with van der Waals surface area (Å²) in [6, 6.07) is 0. The minimum atomic E-state index is -0.435. The van der Waals surface area contributed by atoms with E-state index in [1.54, 1.807) is 7.11 Å². The third-order valence-corrected chi connectivity index (χ3v) is 13.2. The van der Waals surface area contributed by atoms with Crippen LogP contribution in [0.15, 0.2) is 11.6 Å². The molecule has 198 valence electrons. The van der Waals surface area contributed by atoms with Gasteiger partial charge in [0.05, 0.1) is 25.2 Å². The minimum absolute atomic E-state index is 0.000670. The van der Waals surface area contributed by atoms with Crippen LogP contribution in [0.5, 0.6) is 0 Å².